The quantitative estimate of drug-likeness (QED) is 0.549. The predicted octanol–water partition coefficient (Wildman–Crippen LogP) is -0.0979. The first-order chi connectivity index (χ1) is 6.68. The van der Waals surface area contributed by atoms with Crippen LogP contribution in [0.5, 0.6) is 0 Å². The van der Waals surface area contributed by atoms with E-state index >= 15 is 0 Å². The smallest absolute Gasteiger partial charge is 0.241 e. The van der Waals surface area contributed by atoms with Crippen LogP contribution in [0, 0.1) is 0 Å². The average molecular weight is 172 g/mol. The maximum atomic E-state index is 7.26. The lowest BCUT2D eigenvalue weighted by molar-refractivity contribution is 0.332. The number of tetrazole rings is 1. The molecular formula is C7H15N5. The van der Waals surface area contributed by atoms with Crippen LogP contribution in [-0.4, -0.2) is 26.8 Å². The van der Waals surface area contributed by atoms with Crippen molar-refractivity contribution in [1.29, 1.82) is 0 Å². The molecular weight excluding hydrogens is 154 g/mol. The van der Waals surface area contributed by atoms with Gasteiger partial charge in [-0.05, 0) is 31.2 Å². The number of hydrogen-bond acceptors (Lipinski definition) is 3. The van der Waals surface area contributed by atoms with E-state index in [-0.39, 0.29) is 11.2 Å². The summed E-state index contributed by atoms with van der Waals surface area (Å²) in [6.45, 7) is 3.36. The van der Waals surface area contributed by atoms with E-state index in [4.69, 9.17) is 4.11 Å². The van der Waals surface area contributed by atoms with Crippen molar-refractivity contribution in [3.63, 3.8) is 0 Å². The molecule has 1 rings (SSSR count). The van der Waals surface area contributed by atoms with Gasteiger partial charge in [-0.2, -0.15) is 0 Å². The zero-order chi connectivity index (χ0) is 11.9. The summed E-state index contributed by atoms with van der Waals surface area (Å²) in [6, 6.07) is 0. The second kappa shape index (κ2) is 2.73. The normalized spacial score (nSPS) is 18.7. The fourth-order valence-electron chi connectivity index (χ4n) is 0.873. The Balaban J connectivity index is 3.45. The first-order valence-electron chi connectivity index (χ1n) is 5.17. The first kappa shape index (κ1) is 5.50. The summed E-state index contributed by atoms with van der Waals surface area (Å²) in [5.74, 6) is 0. The van der Waals surface area contributed by atoms with Crippen LogP contribution in [0.25, 0.3) is 0 Å². The van der Waals surface area contributed by atoms with Crippen molar-refractivity contribution in [3.05, 3.63) is 5.62 Å². The second-order valence-corrected chi connectivity index (χ2v) is 3.50. The van der Waals surface area contributed by atoms with Gasteiger partial charge in [0.05, 0.1) is 5.54 Å². The van der Waals surface area contributed by atoms with Gasteiger partial charge in [-0.3, -0.25) is 4.99 Å². The maximum absolute atomic E-state index is 7.26. The molecule has 68 valence electrons. The van der Waals surface area contributed by atoms with E-state index in [1.54, 1.807) is 0 Å². The minimum absolute atomic E-state index is 0.238. The molecule has 0 bridgehead atoms. The Morgan fingerprint density at radius 2 is 2.08 bits per heavy atom. The molecule has 5 nitrogen and oxygen atoms in total. The topological polar surface area (TPSA) is 48.0 Å². The van der Waals surface area contributed by atoms with Crippen LogP contribution in [-0.2, 0) is 12.5 Å². The number of rotatable bonds is 0. The van der Waals surface area contributed by atoms with Gasteiger partial charge in [0.15, 0.2) is 0 Å². The fraction of sp³-hybridized carbons (Fsp3) is 0.857. The van der Waals surface area contributed by atoms with Gasteiger partial charge < -0.3 is 0 Å². The molecule has 0 fully saturated rings. The molecule has 0 aliphatic rings. The van der Waals surface area contributed by atoms with E-state index in [0.29, 0.717) is 0 Å². The summed E-state index contributed by atoms with van der Waals surface area (Å²) in [6.07, 6.45) is 0. The highest BCUT2D eigenvalue weighted by Crippen LogP contribution is 2.06. The Kier molecular flexibility index (Phi) is 1.25. The molecule has 0 amide bonds. The van der Waals surface area contributed by atoms with Crippen molar-refractivity contribution in [2.24, 2.45) is 12.0 Å². The van der Waals surface area contributed by atoms with Gasteiger partial charge in [0, 0.05) is 18.1 Å². The van der Waals surface area contributed by atoms with Crippen molar-refractivity contribution in [2.45, 2.75) is 26.3 Å². The third kappa shape index (κ3) is 1.39. The highest BCUT2D eigenvalue weighted by Gasteiger charge is 2.16. The third-order valence-electron chi connectivity index (χ3n) is 1.43. The number of aromatic nitrogens is 4. The fourth-order valence-corrected chi connectivity index (χ4v) is 0.873. The highest BCUT2D eigenvalue weighted by molar-refractivity contribution is 4.70. The number of nitrogens with zero attached hydrogens (tertiary/aromatic N) is 5. The second-order valence-electron chi connectivity index (χ2n) is 3.50. The summed E-state index contributed by atoms with van der Waals surface area (Å²) in [5.41, 5.74) is -0.110. The van der Waals surface area contributed by atoms with Gasteiger partial charge in [0.2, 0.25) is 5.62 Å². The number of hydrogen-bond donors (Lipinski definition) is 0. The van der Waals surface area contributed by atoms with E-state index in [2.05, 4.69) is 15.4 Å². The van der Waals surface area contributed by atoms with Crippen LogP contribution >= 0.6 is 0 Å². The maximum Gasteiger partial charge on any atom is 0.241 e. The van der Waals surface area contributed by atoms with Crippen LogP contribution in [0.3, 0.4) is 0 Å². The van der Waals surface area contributed by atoms with Gasteiger partial charge in [0.25, 0.3) is 0 Å². The summed E-state index contributed by atoms with van der Waals surface area (Å²) in [4.78, 5) is 3.90. The molecule has 1 aromatic heterocycles. The van der Waals surface area contributed by atoms with E-state index in [1.165, 1.54) is 11.7 Å². The largest absolute Gasteiger partial charge is 0.253 e. The van der Waals surface area contributed by atoms with E-state index in [0.717, 1.165) is 4.68 Å². The van der Waals surface area contributed by atoms with E-state index < -0.39 is 6.98 Å². The molecule has 0 N–H and O–H groups in total. The minimum Gasteiger partial charge on any atom is -0.253 e. The van der Waals surface area contributed by atoms with Crippen LogP contribution in [0.15, 0.2) is 4.99 Å². The molecule has 0 aliphatic heterocycles. The summed E-state index contributed by atoms with van der Waals surface area (Å²) >= 11 is 0. The lowest BCUT2D eigenvalue weighted by Gasteiger charge is -2.16. The predicted molar refractivity (Wildman–Crippen MR) is 45.5 cm³/mol. The monoisotopic (exact) mass is 172 g/mol. The Labute approximate surface area is 75.9 Å². The van der Waals surface area contributed by atoms with Crippen LogP contribution in [0.2, 0.25) is 0 Å². The molecule has 1 heterocycles. The van der Waals surface area contributed by atoms with Crippen molar-refractivity contribution in [1.82, 2.24) is 19.8 Å². The average Bonchev–Trinajstić information content (AvgIpc) is 2.43. The Bertz CT molecular complexity index is 371. The van der Waals surface area contributed by atoms with Crippen molar-refractivity contribution >= 4 is 0 Å². The zero-order valence-electron chi connectivity index (χ0n) is 10.7. The molecule has 12 heavy (non-hydrogen) atoms. The van der Waals surface area contributed by atoms with Gasteiger partial charge >= 0.3 is 0 Å². The molecule has 0 radical (unpaired) electrons. The molecule has 0 spiro atoms. The molecule has 0 aliphatic carbocycles. The SMILES string of the molecule is [2H]C([2H])([2H])n1nnn(C(C)(C)C)c1=NC. The highest BCUT2D eigenvalue weighted by atomic mass is 15.6. The Morgan fingerprint density at radius 3 is 2.50 bits per heavy atom. The molecule has 5 heteroatoms. The Morgan fingerprint density at radius 1 is 1.42 bits per heavy atom. The van der Waals surface area contributed by atoms with Gasteiger partial charge in [-0.25, -0.2) is 9.36 Å². The molecule has 0 unspecified atom stereocenters. The first-order valence-corrected chi connectivity index (χ1v) is 3.67. The number of aryl methyl sites for hydroxylation is 1. The van der Waals surface area contributed by atoms with Crippen molar-refractivity contribution in [3.8, 4) is 0 Å². The summed E-state index contributed by atoms with van der Waals surface area (Å²) < 4.78 is 24.1. The van der Waals surface area contributed by atoms with Gasteiger partial charge in [-0.15, -0.1) is 0 Å². The Hall–Kier alpha value is -1.13. The van der Waals surface area contributed by atoms with Gasteiger partial charge in [0.1, 0.15) is 0 Å². The standard InChI is InChI=1S/C7H15N5/c1-7(2,3)12-6(8-4)11(5)9-10-12/h1-5H3/i5D3. The van der Waals surface area contributed by atoms with Gasteiger partial charge in [-0.1, -0.05) is 0 Å². The molecule has 0 saturated carbocycles. The summed E-state index contributed by atoms with van der Waals surface area (Å²) in [5, 5.41) is 7.40. The minimum atomic E-state index is -2.35. The van der Waals surface area contributed by atoms with Crippen molar-refractivity contribution < 1.29 is 4.11 Å². The van der Waals surface area contributed by atoms with E-state index in [1.807, 2.05) is 20.8 Å². The van der Waals surface area contributed by atoms with Crippen molar-refractivity contribution in [2.75, 3.05) is 7.05 Å². The summed E-state index contributed by atoms with van der Waals surface area (Å²) in [7, 11) is 1.52. The molecule has 0 saturated heterocycles. The van der Waals surface area contributed by atoms with Crippen LogP contribution in [0.4, 0.5) is 0 Å². The lowest BCUT2D eigenvalue weighted by Crippen LogP contribution is -2.36. The lowest BCUT2D eigenvalue weighted by atomic mass is 10.1. The molecule has 1 aromatic rings. The van der Waals surface area contributed by atoms with Crippen LogP contribution < -0.4 is 5.62 Å². The molecule has 0 aromatic carbocycles. The van der Waals surface area contributed by atoms with E-state index in [9.17, 15) is 0 Å². The third-order valence-corrected chi connectivity index (χ3v) is 1.43. The zero-order valence-corrected chi connectivity index (χ0v) is 7.74. The molecule has 0 atom stereocenters. The van der Waals surface area contributed by atoms with Crippen LogP contribution in [0.1, 0.15) is 24.9 Å².